The molecule has 0 radical (unpaired) electrons. The van der Waals surface area contributed by atoms with Crippen molar-refractivity contribution in [1.82, 2.24) is 5.32 Å². The van der Waals surface area contributed by atoms with Crippen LogP contribution in [0.5, 0.6) is 0 Å². The first-order valence-corrected chi connectivity index (χ1v) is 6.10. The summed E-state index contributed by atoms with van der Waals surface area (Å²) in [5.41, 5.74) is 3.79. The van der Waals surface area contributed by atoms with Crippen LogP contribution in [0, 0.1) is 0 Å². The van der Waals surface area contributed by atoms with Crippen LogP contribution in [0.2, 0.25) is 0 Å². The Morgan fingerprint density at radius 2 is 2.18 bits per heavy atom. The molecule has 1 rings (SSSR count). The SMILES string of the molecule is COCc1cccc(C=C(C)CNC(C)C)c1. The minimum Gasteiger partial charge on any atom is -0.380 e. The standard InChI is InChI=1S/C15H23NO/c1-12(2)16-10-13(3)8-14-6-5-7-15(9-14)11-17-4/h5-9,12,16H,10-11H2,1-4H3. The summed E-state index contributed by atoms with van der Waals surface area (Å²) in [4.78, 5) is 0. The van der Waals surface area contributed by atoms with Gasteiger partial charge in [-0.2, -0.15) is 0 Å². The van der Waals surface area contributed by atoms with E-state index in [9.17, 15) is 0 Å². The average molecular weight is 233 g/mol. The Labute approximate surface area is 105 Å². The summed E-state index contributed by atoms with van der Waals surface area (Å²) in [5.74, 6) is 0. The van der Waals surface area contributed by atoms with Gasteiger partial charge >= 0.3 is 0 Å². The highest BCUT2D eigenvalue weighted by Gasteiger charge is 1.96. The minimum absolute atomic E-state index is 0.526. The molecule has 0 unspecified atom stereocenters. The lowest BCUT2D eigenvalue weighted by atomic mass is 10.1. The van der Waals surface area contributed by atoms with Crippen molar-refractivity contribution in [1.29, 1.82) is 0 Å². The molecular formula is C15H23NO. The fraction of sp³-hybridized carbons (Fsp3) is 0.467. The number of rotatable bonds is 6. The molecule has 94 valence electrons. The van der Waals surface area contributed by atoms with Crippen molar-refractivity contribution in [2.75, 3.05) is 13.7 Å². The van der Waals surface area contributed by atoms with Gasteiger partial charge in [0, 0.05) is 19.7 Å². The molecule has 0 fully saturated rings. The lowest BCUT2D eigenvalue weighted by Gasteiger charge is -2.08. The molecule has 0 bridgehead atoms. The van der Waals surface area contributed by atoms with Crippen molar-refractivity contribution in [3.05, 3.63) is 41.0 Å². The van der Waals surface area contributed by atoms with Crippen LogP contribution < -0.4 is 5.32 Å². The predicted molar refractivity (Wildman–Crippen MR) is 73.9 cm³/mol. The summed E-state index contributed by atoms with van der Waals surface area (Å²) in [6, 6.07) is 8.98. The maximum Gasteiger partial charge on any atom is 0.0713 e. The lowest BCUT2D eigenvalue weighted by molar-refractivity contribution is 0.185. The van der Waals surface area contributed by atoms with E-state index in [1.165, 1.54) is 16.7 Å². The zero-order valence-corrected chi connectivity index (χ0v) is 11.3. The average Bonchev–Trinajstić information content (AvgIpc) is 2.27. The van der Waals surface area contributed by atoms with Gasteiger partial charge < -0.3 is 10.1 Å². The molecule has 0 heterocycles. The van der Waals surface area contributed by atoms with Gasteiger partial charge in [-0.25, -0.2) is 0 Å². The molecule has 1 aromatic carbocycles. The molecule has 0 aromatic heterocycles. The van der Waals surface area contributed by atoms with Crippen molar-refractivity contribution < 1.29 is 4.74 Å². The highest BCUT2D eigenvalue weighted by Crippen LogP contribution is 2.10. The molecule has 0 saturated carbocycles. The third kappa shape index (κ3) is 5.66. The Kier molecular flexibility index (Phi) is 5.95. The Balaban J connectivity index is 2.65. The molecule has 0 saturated heterocycles. The van der Waals surface area contributed by atoms with Crippen LogP contribution in [-0.4, -0.2) is 19.7 Å². The van der Waals surface area contributed by atoms with Crippen molar-refractivity contribution >= 4 is 6.08 Å². The Morgan fingerprint density at radius 3 is 2.82 bits per heavy atom. The molecule has 1 N–H and O–H groups in total. The van der Waals surface area contributed by atoms with Gasteiger partial charge in [-0.3, -0.25) is 0 Å². The van der Waals surface area contributed by atoms with Gasteiger partial charge in [-0.1, -0.05) is 43.7 Å². The van der Waals surface area contributed by atoms with E-state index in [-0.39, 0.29) is 0 Å². The minimum atomic E-state index is 0.526. The molecule has 0 atom stereocenters. The van der Waals surface area contributed by atoms with Crippen LogP contribution in [-0.2, 0) is 11.3 Å². The second kappa shape index (κ2) is 7.25. The summed E-state index contributed by atoms with van der Waals surface area (Å²) in [7, 11) is 1.72. The Hall–Kier alpha value is -1.12. The number of nitrogens with one attached hydrogen (secondary N) is 1. The molecule has 0 aliphatic rings. The number of benzene rings is 1. The summed E-state index contributed by atoms with van der Waals surface area (Å²) in [6.45, 7) is 8.08. The van der Waals surface area contributed by atoms with Gasteiger partial charge in [0.15, 0.2) is 0 Å². The van der Waals surface area contributed by atoms with E-state index in [1.807, 2.05) is 0 Å². The third-order valence-electron chi connectivity index (χ3n) is 2.46. The fourth-order valence-electron chi connectivity index (χ4n) is 1.64. The first-order chi connectivity index (χ1) is 8.11. The monoisotopic (exact) mass is 233 g/mol. The molecule has 0 aliphatic carbocycles. The van der Waals surface area contributed by atoms with Gasteiger partial charge in [0.2, 0.25) is 0 Å². The molecular weight excluding hydrogens is 210 g/mol. The van der Waals surface area contributed by atoms with E-state index in [1.54, 1.807) is 7.11 Å². The fourth-order valence-corrected chi connectivity index (χ4v) is 1.64. The van der Waals surface area contributed by atoms with E-state index in [4.69, 9.17) is 4.74 Å². The van der Waals surface area contributed by atoms with Crippen LogP contribution in [0.25, 0.3) is 6.08 Å². The molecule has 0 spiro atoms. The molecule has 1 aromatic rings. The van der Waals surface area contributed by atoms with E-state index in [0.29, 0.717) is 12.6 Å². The van der Waals surface area contributed by atoms with Gasteiger partial charge in [0.25, 0.3) is 0 Å². The van der Waals surface area contributed by atoms with E-state index >= 15 is 0 Å². The number of hydrogen-bond donors (Lipinski definition) is 1. The van der Waals surface area contributed by atoms with E-state index in [0.717, 1.165) is 6.54 Å². The van der Waals surface area contributed by atoms with Crippen molar-refractivity contribution in [2.24, 2.45) is 0 Å². The van der Waals surface area contributed by atoms with Crippen molar-refractivity contribution in [2.45, 2.75) is 33.4 Å². The van der Waals surface area contributed by atoms with Gasteiger partial charge in [-0.05, 0) is 24.1 Å². The van der Waals surface area contributed by atoms with E-state index in [2.05, 4.69) is 56.4 Å². The summed E-state index contributed by atoms with van der Waals surface area (Å²) in [5, 5.41) is 3.41. The van der Waals surface area contributed by atoms with Gasteiger partial charge in [-0.15, -0.1) is 0 Å². The normalized spacial score (nSPS) is 12.2. The maximum atomic E-state index is 5.13. The van der Waals surface area contributed by atoms with Crippen LogP contribution >= 0.6 is 0 Å². The first-order valence-electron chi connectivity index (χ1n) is 6.10. The lowest BCUT2D eigenvalue weighted by Crippen LogP contribution is -2.24. The second-order valence-corrected chi connectivity index (χ2v) is 4.70. The largest absolute Gasteiger partial charge is 0.380 e. The predicted octanol–water partition coefficient (Wildman–Crippen LogP) is 3.23. The van der Waals surface area contributed by atoms with Gasteiger partial charge in [0.05, 0.1) is 6.61 Å². The summed E-state index contributed by atoms with van der Waals surface area (Å²) >= 11 is 0. The quantitative estimate of drug-likeness (QED) is 0.814. The van der Waals surface area contributed by atoms with Gasteiger partial charge in [0.1, 0.15) is 0 Å². The summed E-state index contributed by atoms with van der Waals surface area (Å²) in [6.07, 6.45) is 2.22. The highest BCUT2D eigenvalue weighted by atomic mass is 16.5. The second-order valence-electron chi connectivity index (χ2n) is 4.70. The summed E-state index contributed by atoms with van der Waals surface area (Å²) < 4.78 is 5.13. The van der Waals surface area contributed by atoms with Crippen LogP contribution in [0.3, 0.4) is 0 Å². The number of ether oxygens (including phenoxy) is 1. The van der Waals surface area contributed by atoms with Crippen molar-refractivity contribution in [3.63, 3.8) is 0 Å². The Bertz CT molecular complexity index is 369. The maximum absolute atomic E-state index is 5.13. The number of hydrogen-bond acceptors (Lipinski definition) is 2. The zero-order chi connectivity index (χ0) is 12.7. The van der Waals surface area contributed by atoms with Crippen LogP contribution in [0.4, 0.5) is 0 Å². The smallest absolute Gasteiger partial charge is 0.0713 e. The molecule has 2 heteroatoms. The first kappa shape index (κ1) is 13.9. The topological polar surface area (TPSA) is 21.3 Å². The molecule has 0 aliphatic heterocycles. The highest BCUT2D eigenvalue weighted by molar-refractivity contribution is 5.53. The molecule has 0 amide bonds. The number of methoxy groups -OCH3 is 1. The third-order valence-corrected chi connectivity index (χ3v) is 2.46. The van der Waals surface area contributed by atoms with Crippen molar-refractivity contribution in [3.8, 4) is 0 Å². The zero-order valence-electron chi connectivity index (χ0n) is 11.3. The molecule has 17 heavy (non-hydrogen) atoms. The van der Waals surface area contributed by atoms with Crippen LogP contribution in [0.1, 0.15) is 31.9 Å². The molecule has 2 nitrogen and oxygen atoms in total. The van der Waals surface area contributed by atoms with E-state index < -0.39 is 0 Å². The Morgan fingerprint density at radius 1 is 1.41 bits per heavy atom. The van der Waals surface area contributed by atoms with Crippen LogP contribution in [0.15, 0.2) is 29.8 Å².